The Hall–Kier alpha value is -3.61. The number of hydrogen-bond donors (Lipinski definition) is 3. The molecule has 0 radical (unpaired) electrons. The Balaban J connectivity index is 1.37. The normalized spacial score (nSPS) is 19.6. The molecule has 0 saturated heterocycles. The average Bonchev–Trinajstić information content (AvgIpc) is 3.39. The number of carbonyl (C=O) groups is 3. The van der Waals surface area contributed by atoms with Crippen molar-refractivity contribution < 1.29 is 24.2 Å². The summed E-state index contributed by atoms with van der Waals surface area (Å²) in [6, 6.07) is 15.0. The summed E-state index contributed by atoms with van der Waals surface area (Å²) in [6.45, 7) is 3.83. The van der Waals surface area contributed by atoms with Crippen molar-refractivity contribution in [3.63, 3.8) is 0 Å². The highest BCUT2D eigenvalue weighted by molar-refractivity contribution is 5.86. The second-order valence-electron chi connectivity index (χ2n) is 8.87. The van der Waals surface area contributed by atoms with Crippen molar-refractivity contribution in [3.8, 4) is 11.1 Å². The lowest BCUT2D eigenvalue weighted by atomic mass is 9.98. The molecule has 0 saturated carbocycles. The van der Waals surface area contributed by atoms with Gasteiger partial charge >= 0.3 is 12.1 Å². The lowest BCUT2D eigenvalue weighted by Crippen LogP contribution is -2.51. The number of ether oxygens (including phenoxy) is 1. The maximum absolute atomic E-state index is 12.8. The number of nitrogens with one attached hydrogen (secondary N) is 2. The Morgan fingerprint density at radius 3 is 2.15 bits per heavy atom. The molecule has 7 nitrogen and oxygen atoms in total. The van der Waals surface area contributed by atoms with E-state index < -0.39 is 24.0 Å². The topological polar surface area (TPSA) is 105 Å². The third-order valence-electron chi connectivity index (χ3n) is 6.29. The minimum atomic E-state index is -0.917. The molecule has 172 valence electrons. The number of carboxylic acids is 1. The Bertz CT molecular complexity index is 1050. The summed E-state index contributed by atoms with van der Waals surface area (Å²) in [5, 5.41) is 14.6. The molecule has 4 rings (SSSR count). The van der Waals surface area contributed by atoms with E-state index in [1.54, 1.807) is 12.2 Å². The van der Waals surface area contributed by atoms with E-state index in [4.69, 9.17) is 9.84 Å². The number of rotatable bonds is 7. The quantitative estimate of drug-likeness (QED) is 0.561. The maximum Gasteiger partial charge on any atom is 0.407 e. The van der Waals surface area contributed by atoms with Crippen LogP contribution in [-0.2, 0) is 14.3 Å². The van der Waals surface area contributed by atoms with Crippen molar-refractivity contribution >= 4 is 18.0 Å². The zero-order valence-corrected chi connectivity index (χ0v) is 18.7. The van der Waals surface area contributed by atoms with Crippen LogP contribution in [0.2, 0.25) is 0 Å². The van der Waals surface area contributed by atoms with Crippen LogP contribution in [-0.4, -0.2) is 41.8 Å². The fraction of sp³-hybridized carbons (Fsp3) is 0.346. The Labute approximate surface area is 192 Å². The highest BCUT2D eigenvalue weighted by atomic mass is 16.5. The molecule has 2 aliphatic rings. The standard InChI is InChI=1S/C26H28N2O5/c1-15(2)23(24(29)27-17-12-11-16(13-17)25(30)31)28-26(32)33-14-22-20-9-5-3-7-18(20)19-8-4-6-10-21(19)22/h3-12,15-17,22-23H,13-14H2,1-2H3,(H,27,29)(H,28,32)(H,30,31)/t16?,17?,23-/m1/s1. The van der Waals surface area contributed by atoms with Crippen molar-refractivity contribution in [1.29, 1.82) is 0 Å². The second-order valence-corrected chi connectivity index (χ2v) is 8.87. The summed E-state index contributed by atoms with van der Waals surface area (Å²) in [5.74, 6) is -2.13. The molecule has 3 atom stereocenters. The molecule has 0 fully saturated rings. The van der Waals surface area contributed by atoms with Crippen molar-refractivity contribution in [2.75, 3.05) is 6.61 Å². The third-order valence-corrected chi connectivity index (χ3v) is 6.29. The molecule has 2 aromatic rings. The fourth-order valence-electron chi connectivity index (χ4n) is 4.56. The molecule has 2 aliphatic carbocycles. The lowest BCUT2D eigenvalue weighted by Gasteiger charge is -2.24. The van der Waals surface area contributed by atoms with Gasteiger partial charge in [-0.05, 0) is 34.6 Å². The van der Waals surface area contributed by atoms with Crippen molar-refractivity contribution in [3.05, 3.63) is 71.8 Å². The number of hydrogen-bond acceptors (Lipinski definition) is 4. The van der Waals surface area contributed by atoms with Gasteiger partial charge in [-0.3, -0.25) is 9.59 Å². The summed E-state index contributed by atoms with van der Waals surface area (Å²) in [4.78, 5) is 36.5. The summed E-state index contributed by atoms with van der Waals surface area (Å²) in [6.07, 6.45) is 2.91. The number of carbonyl (C=O) groups excluding carboxylic acids is 2. The zero-order chi connectivity index (χ0) is 23.5. The fourth-order valence-corrected chi connectivity index (χ4v) is 4.56. The van der Waals surface area contributed by atoms with Crippen LogP contribution in [0.3, 0.4) is 0 Å². The number of fused-ring (bicyclic) bond motifs is 3. The van der Waals surface area contributed by atoms with Crippen molar-refractivity contribution in [2.45, 2.75) is 38.3 Å². The van der Waals surface area contributed by atoms with Gasteiger partial charge in [0.1, 0.15) is 12.6 Å². The van der Waals surface area contributed by atoms with Crippen LogP contribution >= 0.6 is 0 Å². The Morgan fingerprint density at radius 1 is 1.00 bits per heavy atom. The minimum Gasteiger partial charge on any atom is -0.481 e. The highest BCUT2D eigenvalue weighted by Gasteiger charge is 2.32. The van der Waals surface area contributed by atoms with Crippen LogP contribution in [0.1, 0.15) is 37.3 Å². The summed E-state index contributed by atoms with van der Waals surface area (Å²) in [5.41, 5.74) is 4.52. The third kappa shape index (κ3) is 4.77. The monoisotopic (exact) mass is 448 g/mol. The maximum atomic E-state index is 12.8. The molecular formula is C26H28N2O5. The first-order valence-corrected chi connectivity index (χ1v) is 11.2. The SMILES string of the molecule is CC(C)[C@@H](NC(=O)OCC1c2ccccc2-c2ccccc21)C(=O)NC1C=CC(C(=O)O)C1. The average molecular weight is 449 g/mol. The smallest absolute Gasteiger partial charge is 0.407 e. The number of aliphatic carboxylic acids is 1. The van der Waals surface area contributed by atoms with Gasteiger partial charge in [-0.15, -0.1) is 0 Å². The summed E-state index contributed by atoms with van der Waals surface area (Å²) in [7, 11) is 0. The van der Waals surface area contributed by atoms with Gasteiger partial charge < -0.3 is 20.5 Å². The van der Waals surface area contributed by atoms with E-state index in [0.29, 0.717) is 6.42 Å². The Morgan fingerprint density at radius 2 is 1.61 bits per heavy atom. The molecule has 3 N–H and O–H groups in total. The summed E-state index contributed by atoms with van der Waals surface area (Å²) >= 11 is 0. The molecule has 7 heteroatoms. The molecule has 0 aromatic heterocycles. The van der Waals surface area contributed by atoms with E-state index in [1.165, 1.54) is 0 Å². The minimum absolute atomic E-state index is 0.0638. The molecule has 0 heterocycles. The van der Waals surface area contributed by atoms with Crippen LogP contribution < -0.4 is 10.6 Å². The van der Waals surface area contributed by atoms with Crippen molar-refractivity contribution in [1.82, 2.24) is 10.6 Å². The molecule has 2 unspecified atom stereocenters. The molecule has 0 aliphatic heterocycles. The van der Waals surface area contributed by atoms with Crippen LogP contribution in [0.25, 0.3) is 11.1 Å². The first kappa shape index (κ1) is 22.6. The van der Waals surface area contributed by atoms with E-state index in [0.717, 1.165) is 22.3 Å². The Kier molecular flexibility index (Phi) is 6.49. The van der Waals surface area contributed by atoms with Gasteiger partial charge in [-0.2, -0.15) is 0 Å². The van der Waals surface area contributed by atoms with Gasteiger partial charge in [0, 0.05) is 12.0 Å². The second kappa shape index (κ2) is 9.48. The van der Waals surface area contributed by atoms with Gasteiger partial charge in [0.05, 0.1) is 5.92 Å². The number of benzene rings is 2. The van der Waals surface area contributed by atoms with E-state index >= 15 is 0 Å². The van der Waals surface area contributed by atoms with E-state index in [1.807, 2.05) is 50.2 Å². The van der Waals surface area contributed by atoms with E-state index in [2.05, 4.69) is 22.8 Å². The largest absolute Gasteiger partial charge is 0.481 e. The molecule has 0 spiro atoms. The van der Waals surface area contributed by atoms with Gasteiger partial charge in [0.15, 0.2) is 0 Å². The molecule has 33 heavy (non-hydrogen) atoms. The van der Waals surface area contributed by atoms with Crippen LogP contribution in [0.4, 0.5) is 4.79 Å². The van der Waals surface area contributed by atoms with Gasteiger partial charge in [0.25, 0.3) is 0 Å². The molecule has 0 bridgehead atoms. The number of carboxylic acid groups (broad SMARTS) is 1. The lowest BCUT2D eigenvalue weighted by molar-refractivity contribution is -0.140. The van der Waals surface area contributed by atoms with Crippen molar-refractivity contribution in [2.24, 2.45) is 11.8 Å². The van der Waals surface area contributed by atoms with Gasteiger partial charge in [0.2, 0.25) is 5.91 Å². The predicted octanol–water partition coefficient (Wildman–Crippen LogP) is 3.70. The molecular weight excluding hydrogens is 420 g/mol. The first-order chi connectivity index (χ1) is 15.8. The van der Waals surface area contributed by atoms with Crippen LogP contribution in [0.15, 0.2) is 60.7 Å². The van der Waals surface area contributed by atoms with E-state index in [-0.39, 0.29) is 30.4 Å². The number of amides is 2. The molecule has 2 aromatic carbocycles. The first-order valence-electron chi connectivity index (χ1n) is 11.2. The summed E-state index contributed by atoms with van der Waals surface area (Å²) < 4.78 is 5.57. The predicted molar refractivity (Wildman–Crippen MR) is 124 cm³/mol. The van der Waals surface area contributed by atoms with Gasteiger partial charge in [-0.1, -0.05) is 74.5 Å². The van der Waals surface area contributed by atoms with Crippen LogP contribution in [0.5, 0.6) is 0 Å². The number of alkyl carbamates (subject to hydrolysis) is 1. The van der Waals surface area contributed by atoms with E-state index in [9.17, 15) is 14.4 Å². The zero-order valence-electron chi connectivity index (χ0n) is 18.7. The van der Waals surface area contributed by atoms with Crippen LogP contribution in [0, 0.1) is 11.8 Å². The highest BCUT2D eigenvalue weighted by Crippen LogP contribution is 2.44. The van der Waals surface area contributed by atoms with Gasteiger partial charge in [-0.25, -0.2) is 4.79 Å². The molecule has 2 amide bonds.